The second-order valence-electron chi connectivity index (χ2n) is 11.7. The lowest BCUT2D eigenvalue weighted by Gasteiger charge is -2.34. The molecule has 0 bridgehead atoms. The van der Waals surface area contributed by atoms with E-state index < -0.39 is 28.5 Å². The van der Waals surface area contributed by atoms with Crippen LogP contribution in [-0.2, 0) is 32.6 Å². The van der Waals surface area contributed by atoms with Crippen LogP contribution >= 0.6 is 23.2 Å². The van der Waals surface area contributed by atoms with Crippen molar-refractivity contribution < 1.29 is 18.0 Å². The first-order valence-corrected chi connectivity index (χ1v) is 17.3. The zero-order valence-electron chi connectivity index (χ0n) is 26.4. The van der Waals surface area contributed by atoms with Gasteiger partial charge in [-0.05, 0) is 66.8 Å². The number of rotatable bonds is 13. The topological polar surface area (TPSA) is 86.8 Å². The molecule has 2 amide bonds. The van der Waals surface area contributed by atoms with Crippen molar-refractivity contribution in [3.8, 4) is 0 Å². The van der Waals surface area contributed by atoms with Crippen LogP contribution in [0.2, 0.25) is 10.0 Å². The number of hydrogen-bond donors (Lipinski definition) is 1. The largest absolute Gasteiger partial charge is 0.354 e. The van der Waals surface area contributed by atoms with Crippen LogP contribution in [0.1, 0.15) is 36.1 Å². The standard InChI is InChI=1S/C36H39Cl2N3O4S/c1-25(2)22-39-36(43)34(21-28-11-7-5-8-12-28)40(23-29-16-17-31(37)32(38)20-29)35(42)24-41(33-18-15-26(3)19-27(33)4)46(44,45)30-13-9-6-10-14-30/h5-20,25,34H,21-24H2,1-4H3,(H,39,43)/t34-/m1/s1. The molecule has 4 aromatic carbocycles. The van der Waals surface area contributed by atoms with Gasteiger partial charge in [-0.3, -0.25) is 13.9 Å². The lowest BCUT2D eigenvalue weighted by atomic mass is 10.0. The summed E-state index contributed by atoms with van der Waals surface area (Å²) in [6, 6.07) is 26.9. The molecule has 0 unspecified atom stereocenters. The minimum absolute atomic E-state index is 0.00553. The second kappa shape index (κ2) is 15.6. The Bertz CT molecular complexity index is 1770. The van der Waals surface area contributed by atoms with Crippen molar-refractivity contribution in [1.82, 2.24) is 10.2 Å². The summed E-state index contributed by atoms with van der Waals surface area (Å²) in [5, 5.41) is 3.65. The summed E-state index contributed by atoms with van der Waals surface area (Å²) in [5.74, 6) is -0.710. The summed E-state index contributed by atoms with van der Waals surface area (Å²) in [5.41, 5.74) is 3.51. The van der Waals surface area contributed by atoms with Crippen LogP contribution < -0.4 is 9.62 Å². The first-order valence-electron chi connectivity index (χ1n) is 15.1. The molecule has 0 heterocycles. The highest BCUT2D eigenvalue weighted by Gasteiger charge is 2.35. The molecule has 46 heavy (non-hydrogen) atoms. The molecule has 10 heteroatoms. The Hall–Kier alpha value is -3.85. The third-order valence-corrected chi connectivity index (χ3v) is 10.0. The maximum atomic E-state index is 14.6. The number of amides is 2. The Kier molecular flexibility index (Phi) is 11.9. The predicted molar refractivity (Wildman–Crippen MR) is 186 cm³/mol. The summed E-state index contributed by atoms with van der Waals surface area (Å²) in [4.78, 5) is 30.0. The lowest BCUT2D eigenvalue weighted by Crippen LogP contribution is -2.53. The van der Waals surface area contributed by atoms with Crippen molar-refractivity contribution in [1.29, 1.82) is 0 Å². The highest BCUT2D eigenvalue weighted by atomic mass is 35.5. The van der Waals surface area contributed by atoms with Gasteiger partial charge < -0.3 is 10.2 Å². The molecule has 0 aliphatic carbocycles. The van der Waals surface area contributed by atoms with Gasteiger partial charge in [0.15, 0.2) is 0 Å². The van der Waals surface area contributed by atoms with E-state index in [-0.39, 0.29) is 29.7 Å². The van der Waals surface area contributed by atoms with Crippen LogP contribution in [0.25, 0.3) is 0 Å². The number of nitrogens with zero attached hydrogens (tertiary/aromatic N) is 2. The Labute approximate surface area is 282 Å². The van der Waals surface area contributed by atoms with Crippen molar-refractivity contribution in [2.75, 3.05) is 17.4 Å². The fourth-order valence-electron chi connectivity index (χ4n) is 5.13. The average Bonchev–Trinajstić information content (AvgIpc) is 3.03. The third-order valence-electron chi connectivity index (χ3n) is 7.52. The molecule has 0 aliphatic heterocycles. The van der Waals surface area contributed by atoms with Crippen LogP contribution in [0.3, 0.4) is 0 Å². The number of aryl methyl sites for hydroxylation is 2. The highest BCUT2D eigenvalue weighted by molar-refractivity contribution is 7.92. The SMILES string of the molecule is Cc1ccc(N(CC(=O)N(Cc2ccc(Cl)c(Cl)c2)[C@H](Cc2ccccc2)C(=O)NCC(C)C)S(=O)(=O)c2ccccc2)c(C)c1. The van der Waals surface area contributed by atoms with Crippen LogP contribution in [0.15, 0.2) is 102 Å². The first-order chi connectivity index (χ1) is 21.9. The molecule has 4 aromatic rings. The molecule has 0 aliphatic rings. The van der Waals surface area contributed by atoms with Crippen molar-refractivity contribution in [2.24, 2.45) is 5.92 Å². The zero-order valence-corrected chi connectivity index (χ0v) is 28.7. The molecule has 0 fully saturated rings. The number of nitrogens with one attached hydrogen (secondary N) is 1. The van der Waals surface area contributed by atoms with Crippen molar-refractivity contribution in [2.45, 2.75) is 51.6 Å². The Balaban J connectivity index is 1.83. The Morgan fingerprint density at radius 3 is 2.07 bits per heavy atom. The van der Waals surface area contributed by atoms with E-state index in [1.807, 2.05) is 70.2 Å². The van der Waals surface area contributed by atoms with E-state index in [1.165, 1.54) is 17.0 Å². The third kappa shape index (κ3) is 8.90. The number of carbonyl (C=O) groups is 2. The number of carbonyl (C=O) groups excluding carboxylic acids is 2. The van der Waals surface area contributed by atoms with Gasteiger partial charge in [0.2, 0.25) is 11.8 Å². The van der Waals surface area contributed by atoms with Gasteiger partial charge in [0.25, 0.3) is 10.0 Å². The molecule has 1 N–H and O–H groups in total. The lowest BCUT2D eigenvalue weighted by molar-refractivity contribution is -0.140. The molecular weight excluding hydrogens is 641 g/mol. The van der Waals surface area contributed by atoms with E-state index >= 15 is 0 Å². The van der Waals surface area contributed by atoms with Gasteiger partial charge in [0.1, 0.15) is 12.6 Å². The number of hydrogen-bond acceptors (Lipinski definition) is 4. The number of halogens is 2. The molecule has 0 aromatic heterocycles. The van der Waals surface area contributed by atoms with Gasteiger partial charge in [-0.2, -0.15) is 0 Å². The van der Waals surface area contributed by atoms with E-state index in [2.05, 4.69) is 5.32 Å². The second-order valence-corrected chi connectivity index (χ2v) is 14.4. The van der Waals surface area contributed by atoms with Crippen molar-refractivity contribution >= 4 is 50.7 Å². The quantitative estimate of drug-likeness (QED) is 0.162. The maximum absolute atomic E-state index is 14.6. The fraction of sp³-hybridized carbons (Fsp3) is 0.278. The van der Waals surface area contributed by atoms with Crippen LogP contribution in [0.4, 0.5) is 5.69 Å². The molecular formula is C36H39Cl2N3O4S. The molecule has 4 rings (SSSR count). The zero-order chi connectivity index (χ0) is 33.4. The smallest absolute Gasteiger partial charge is 0.264 e. The molecule has 7 nitrogen and oxygen atoms in total. The highest BCUT2D eigenvalue weighted by Crippen LogP contribution is 2.29. The predicted octanol–water partition coefficient (Wildman–Crippen LogP) is 7.22. The van der Waals surface area contributed by atoms with Gasteiger partial charge >= 0.3 is 0 Å². The molecule has 0 saturated heterocycles. The van der Waals surface area contributed by atoms with E-state index in [9.17, 15) is 18.0 Å². The summed E-state index contributed by atoms with van der Waals surface area (Å²) in [7, 11) is -4.18. The number of sulfonamides is 1. The Morgan fingerprint density at radius 2 is 1.46 bits per heavy atom. The van der Waals surface area contributed by atoms with Gasteiger partial charge in [0, 0.05) is 19.5 Å². The molecule has 0 spiro atoms. The minimum Gasteiger partial charge on any atom is -0.354 e. The van der Waals surface area contributed by atoms with Crippen LogP contribution in [0.5, 0.6) is 0 Å². The summed E-state index contributed by atoms with van der Waals surface area (Å²) < 4.78 is 29.5. The van der Waals surface area contributed by atoms with Crippen molar-refractivity contribution in [3.05, 3.63) is 129 Å². The first kappa shape index (κ1) is 35.0. The number of anilines is 1. The fourth-order valence-corrected chi connectivity index (χ4v) is 6.95. The van der Waals surface area contributed by atoms with E-state index in [1.54, 1.807) is 42.5 Å². The van der Waals surface area contributed by atoms with Crippen LogP contribution in [-0.4, -0.2) is 44.3 Å². The van der Waals surface area contributed by atoms with E-state index in [4.69, 9.17) is 23.2 Å². The minimum atomic E-state index is -4.18. The molecule has 0 saturated carbocycles. The van der Waals surface area contributed by atoms with Crippen LogP contribution in [0, 0.1) is 19.8 Å². The van der Waals surface area contributed by atoms with Gasteiger partial charge in [0.05, 0.1) is 20.6 Å². The van der Waals surface area contributed by atoms with E-state index in [0.717, 1.165) is 15.4 Å². The summed E-state index contributed by atoms with van der Waals surface area (Å²) in [6.45, 7) is 7.57. The maximum Gasteiger partial charge on any atom is 0.264 e. The monoisotopic (exact) mass is 679 g/mol. The normalized spacial score (nSPS) is 12.1. The number of benzene rings is 4. The average molecular weight is 681 g/mol. The summed E-state index contributed by atoms with van der Waals surface area (Å²) >= 11 is 12.5. The van der Waals surface area contributed by atoms with Gasteiger partial charge in [-0.1, -0.05) is 109 Å². The molecule has 242 valence electrons. The summed E-state index contributed by atoms with van der Waals surface area (Å²) in [6.07, 6.45) is 0.215. The Morgan fingerprint density at radius 1 is 0.804 bits per heavy atom. The molecule has 0 radical (unpaired) electrons. The molecule has 1 atom stereocenters. The van der Waals surface area contributed by atoms with Gasteiger partial charge in [-0.25, -0.2) is 8.42 Å². The van der Waals surface area contributed by atoms with E-state index in [0.29, 0.717) is 33.4 Å². The van der Waals surface area contributed by atoms with Gasteiger partial charge in [-0.15, -0.1) is 0 Å². The van der Waals surface area contributed by atoms with Crippen molar-refractivity contribution in [3.63, 3.8) is 0 Å².